The Labute approximate surface area is 180 Å². The summed E-state index contributed by atoms with van der Waals surface area (Å²) in [6.45, 7) is 6.65. The molecule has 1 saturated heterocycles. The van der Waals surface area contributed by atoms with Gasteiger partial charge in [0.2, 0.25) is 0 Å². The van der Waals surface area contributed by atoms with Crippen LogP contribution in [0.3, 0.4) is 0 Å². The molecule has 30 heavy (non-hydrogen) atoms. The summed E-state index contributed by atoms with van der Waals surface area (Å²) >= 11 is 0. The van der Waals surface area contributed by atoms with Gasteiger partial charge in [0.1, 0.15) is 19.0 Å². The molecule has 1 heterocycles. The Morgan fingerprint density at radius 2 is 1.90 bits per heavy atom. The number of Topliss-reactive ketones (excluding diaryl/α,β-unsaturated/α-hetero) is 1. The fourth-order valence-electron chi connectivity index (χ4n) is 7.81. The monoisotopic (exact) mass is 415 g/mol. The van der Waals surface area contributed by atoms with E-state index in [1.54, 1.807) is 7.11 Å². The van der Waals surface area contributed by atoms with Crippen molar-refractivity contribution in [2.75, 3.05) is 20.2 Å². The van der Waals surface area contributed by atoms with Gasteiger partial charge in [0.15, 0.2) is 0 Å². The van der Waals surface area contributed by atoms with E-state index in [0.29, 0.717) is 29.5 Å². The van der Waals surface area contributed by atoms with E-state index in [1.807, 2.05) is 0 Å². The maximum absolute atomic E-state index is 12.7. The lowest BCUT2D eigenvalue weighted by Crippen LogP contribution is -2.56. The molecular weight excluding hydrogens is 378 g/mol. The molecule has 1 aliphatic heterocycles. The molecule has 0 aromatic heterocycles. The first-order chi connectivity index (χ1) is 14.5. The number of fused-ring (bicyclic) bond motifs is 5. The van der Waals surface area contributed by atoms with Gasteiger partial charge in [-0.2, -0.15) is 0 Å². The van der Waals surface area contributed by atoms with Gasteiger partial charge >= 0.3 is 0 Å². The maximum atomic E-state index is 12.7. The van der Waals surface area contributed by atoms with Gasteiger partial charge in [-0.1, -0.05) is 24.2 Å². The van der Waals surface area contributed by atoms with Crippen molar-refractivity contribution in [3.05, 3.63) is 0 Å². The summed E-state index contributed by atoms with van der Waals surface area (Å²) in [5.74, 6) is 2.61. The highest BCUT2D eigenvalue weighted by Crippen LogP contribution is 2.64. The van der Waals surface area contributed by atoms with Gasteiger partial charge in [-0.3, -0.25) is 4.79 Å². The molecule has 4 aliphatic carbocycles. The Morgan fingerprint density at radius 3 is 2.67 bits per heavy atom. The second-order valence-electron chi connectivity index (χ2n) is 10.9. The minimum atomic E-state index is -0.104. The van der Waals surface area contributed by atoms with Crippen molar-refractivity contribution in [1.82, 2.24) is 5.32 Å². The van der Waals surface area contributed by atoms with Crippen LogP contribution in [-0.4, -0.2) is 43.5 Å². The number of carbonyl (C=O) groups is 1. The fraction of sp³-hybridized carbons (Fsp3) is 0.875. The van der Waals surface area contributed by atoms with Crippen molar-refractivity contribution in [2.45, 2.75) is 77.7 Å². The fourth-order valence-corrected chi connectivity index (χ4v) is 7.81. The van der Waals surface area contributed by atoms with Gasteiger partial charge in [0, 0.05) is 30.7 Å². The molecule has 166 valence electrons. The van der Waals surface area contributed by atoms with Crippen LogP contribution < -0.4 is 5.32 Å². The van der Waals surface area contributed by atoms with Gasteiger partial charge < -0.3 is 15.0 Å². The largest absolute Gasteiger partial charge is 0.399 e. The van der Waals surface area contributed by atoms with Crippen LogP contribution in [0.1, 0.15) is 71.6 Å². The second kappa shape index (κ2) is 7.61. The molecule has 5 aliphatic rings. The van der Waals surface area contributed by atoms with E-state index >= 15 is 0 Å². The molecule has 5 rings (SSSR count). The van der Waals surface area contributed by atoms with Crippen LogP contribution in [0, 0.1) is 34.5 Å². The molecule has 5 fully saturated rings. The number of carbonyl (C=O) groups excluding carboxylic acids is 1. The second-order valence-corrected chi connectivity index (χ2v) is 10.9. The van der Waals surface area contributed by atoms with E-state index in [2.05, 4.69) is 29.5 Å². The summed E-state index contributed by atoms with van der Waals surface area (Å²) in [4.78, 5) is 23.9. The lowest BCUT2D eigenvalue weighted by Gasteiger charge is -2.59. The lowest BCUT2D eigenvalue weighted by atomic mass is 9.45. The predicted octanol–water partition coefficient (Wildman–Crippen LogP) is 3.95. The quantitative estimate of drug-likeness (QED) is 0.709. The van der Waals surface area contributed by atoms with Gasteiger partial charge in [-0.15, -0.1) is 0 Å². The summed E-state index contributed by atoms with van der Waals surface area (Å²) in [5, 5.41) is 12.5. The maximum Gasteiger partial charge on any atom is 0.141 e. The first kappa shape index (κ1) is 20.5. The highest BCUT2D eigenvalue weighted by atomic mass is 16.6. The minimum Gasteiger partial charge on any atom is -0.399 e. The summed E-state index contributed by atoms with van der Waals surface area (Å²) in [5.41, 5.74) is 2.48. The van der Waals surface area contributed by atoms with E-state index in [4.69, 9.17) is 9.68 Å². The van der Waals surface area contributed by atoms with Crippen molar-refractivity contribution >= 4 is 17.2 Å². The Kier molecular flexibility index (Phi) is 5.19. The SMILES string of the molecule is CON=C1CC2C(CC[C@]3(C)C(=O)CCC23)[C@@]2(C)CCC(=NO[C@@H]3CCNC3)CC12. The molecular formula is C24H37N3O3. The first-order valence-electron chi connectivity index (χ1n) is 12.0. The van der Waals surface area contributed by atoms with Gasteiger partial charge in [-0.05, 0) is 74.7 Å². The number of nitrogens with one attached hydrogen (secondary N) is 1. The third-order valence-corrected chi connectivity index (χ3v) is 9.58. The van der Waals surface area contributed by atoms with E-state index < -0.39 is 0 Å². The van der Waals surface area contributed by atoms with Crippen LogP contribution in [0.15, 0.2) is 10.3 Å². The first-order valence-corrected chi connectivity index (χ1v) is 12.0. The van der Waals surface area contributed by atoms with Crippen LogP contribution in [0.5, 0.6) is 0 Å². The molecule has 0 amide bonds. The molecule has 0 bridgehead atoms. The summed E-state index contributed by atoms with van der Waals surface area (Å²) in [6, 6.07) is 0. The molecule has 0 spiro atoms. The summed E-state index contributed by atoms with van der Waals surface area (Å²) in [6.07, 6.45) is 9.38. The Morgan fingerprint density at radius 1 is 1.03 bits per heavy atom. The smallest absolute Gasteiger partial charge is 0.141 e. The molecule has 6 nitrogen and oxygen atoms in total. The third-order valence-electron chi connectivity index (χ3n) is 9.58. The van der Waals surface area contributed by atoms with Gasteiger partial charge in [-0.25, -0.2) is 0 Å². The number of rotatable bonds is 3. The van der Waals surface area contributed by atoms with Crippen molar-refractivity contribution in [3.8, 4) is 0 Å². The highest BCUT2D eigenvalue weighted by molar-refractivity contribution is 5.96. The van der Waals surface area contributed by atoms with Gasteiger partial charge in [0.25, 0.3) is 0 Å². The summed E-state index contributed by atoms with van der Waals surface area (Å²) in [7, 11) is 1.66. The van der Waals surface area contributed by atoms with Crippen LogP contribution in [0.4, 0.5) is 0 Å². The van der Waals surface area contributed by atoms with Gasteiger partial charge in [0.05, 0.1) is 11.4 Å². The molecule has 1 N–H and O–H groups in total. The van der Waals surface area contributed by atoms with Crippen molar-refractivity contribution in [2.24, 2.45) is 44.8 Å². The standard InChI is InChI=1S/C24H37N3O3/c1-23-9-6-15(26-30-16-8-11-25-14-16)12-20(23)21(27-29-3)13-17-18-4-5-22(28)24(18,2)10-7-19(17)23/h16-20,25H,4-14H2,1-3H3/t16-,17?,18?,19?,20?,23-,24+/m1/s1. The van der Waals surface area contributed by atoms with E-state index in [1.165, 1.54) is 17.8 Å². The number of nitrogens with zero attached hydrogens (tertiary/aromatic N) is 2. The molecule has 0 aromatic carbocycles. The number of oxime groups is 2. The average molecular weight is 416 g/mol. The Hall–Kier alpha value is -1.43. The van der Waals surface area contributed by atoms with Crippen LogP contribution in [0.2, 0.25) is 0 Å². The lowest BCUT2D eigenvalue weighted by molar-refractivity contribution is -0.133. The van der Waals surface area contributed by atoms with E-state index in [9.17, 15) is 4.79 Å². The molecule has 4 saturated carbocycles. The zero-order valence-electron chi connectivity index (χ0n) is 18.8. The summed E-state index contributed by atoms with van der Waals surface area (Å²) < 4.78 is 0. The van der Waals surface area contributed by atoms with E-state index in [0.717, 1.165) is 64.5 Å². The third kappa shape index (κ3) is 3.12. The van der Waals surface area contributed by atoms with Crippen LogP contribution in [-0.2, 0) is 14.5 Å². The normalized spacial score (nSPS) is 48.4. The number of ketones is 1. The molecule has 4 unspecified atom stereocenters. The van der Waals surface area contributed by atoms with E-state index in [-0.39, 0.29) is 16.9 Å². The van der Waals surface area contributed by atoms with Crippen molar-refractivity contribution < 1.29 is 14.5 Å². The molecule has 0 aromatic rings. The highest BCUT2D eigenvalue weighted by Gasteiger charge is 2.61. The van der Waals surface area contributed by atoms with Crippen molar-refractivity contribution in [1.29, 1.82) is 0 Å². The average Bonchev–Trinajstić information content (AvgIpc) is 3.35. The Balaban J connectivity index is 1.40. The minimum absolute atomic E-state index is 0.104. The molecule has 7 atom stereocenters. The number of hydrogen-bond acceptors (Lipinski definition) is 6. The van der Waals surface area contributed by atoms with Crippen LogP contribution >= 0.6 is 0 Å². The molecule has 0 radical (unpaired) electrons. The zero-order valence-corrected chi connectivity index (χ0v) is 18.8. The predicted molar refractivity (Wildman–Crippen MR) is 116 cm³/mol. The van der Waals surface area contributed by atoms with Crippen LogP contribution in [0.25, 0.3) is 0 Å². The molecule has 6 heteroatoms. The Bertz CT molecular complexity index is 759. The van der Waals surface area contributed by atoms with Crippen molar-refractivity contribution in [3.63, 3.8) is 0 Å². The topological polar surface area (TPSA) is 72.3 Å². The zero-order chi connectivity index (χ0) is 20.9. The number of hydrogen-bond donors (Lipinski definition) is 1.